The van der Waals surface area contributed by atoms with E-state index in [9.17, 15) is 9.90 Å². The molecule has 6 heteroatoms. The Labute approximate surface area is 127 Å². The molecule has 1 aliphatic rings. The number of carbonyl (C=O) groups excluding carboxylic acids is 1. The van der Waals surface area contributed by atoms with E-state index < -0.39 is 0 Å². The summed E-state index contributed by atoms with van der Waals surface area (Å²) >= 11 is 5.29. The van der Waals surface area contributed by atoms with E-state index in [1.807, 2.05) is 30.3 Å². The van der Waals surface area contributed by atoms with Crippen LogP contribution in [0.25, 0.3) is 5.69 Å². The molecule has 21 heavy (non-hydrogen) atoms. The number of benzene rings is 1. The summed E-state index contributed by atoms with van der Waals surface area (Å²) in [5, 5.41) is 9.21. The van der Waals surface area contributed by atoms with Crippen molar-refractivity contribution in [2.75, 3.05) is 19.7 Å². The molecule has 1 aromatic heterocycles. The van der Waals surface area contributed by atoms with Crippen molar-refractivity contribution in [1.82, 2.24) is 14.5 Å². The van der Waals surface area contributed by atoms with E-state index in [1.54, 1.807) is 15.7 Å². The molecule has 1 fully saturated rings. The summed E-state index contributed by atoms with van der Waals surface area (Å²) < 4.78 is 2.26. The van der Waals surface area contributed by atoms with Crippen molar-refractivity contribution in [1.29, 1.82) is 0 Å². The maximum Gasteiger partial charge on any atom is 0.272 e. The molecule has 1 aromatic carbocycles. The van der Waals surface area contributed by atoms with Crippen molar-refractivity contribution in [3.63, 3.8) is 0 Å². The van der Waals surface area contributed by atoms with E-state index in [4.69, 9.17) is 12.2 Å². The Bertz CT molecular complexity index is 692. The van der Waals surface area contributed by atoms with Crippen LogP contribution in [0.1, 0.15) is 16.9 Å². The number of H-pyrrole nitrogens is 1. The van der Waals surface area contributed by atoms with Crippen LogP contribution in [0.2, 0.25) is 0 Å². The van der Waals surface area contributed by atoms with Gasteiger partial charge in [0.15, 0.2) is 4.77 Å². The average Bonchev–Trinajstić information content (AvgIpc) is 3.14. The highest BCUT2D eigenvalue weighted by atomic mass is 32.1. The molecule has 2 N–H and O–H groups in total. The number of aliphatic hydroxyl groups is 1. The Morgan fingerprint density at radius 3 is 2.81 bits per heavy atom. The van der Waals surface area contributed by atoms with Gasteiger partial charge in [0.05, 0.1) is 0 Å². The lowest BCUT2D eigenvalue weighted by Crippen LogP contribution is -2.30. The summed E-state index contributed by atoms with van der Waals surface area (Å²) in [6, 6.07) is 9.58. The van der Waals surface area contributed by atoms with Crippen LogP contribution in [-0.4, -0.2) is 45.2 Å². The molecule has 1 unspecified atom stereocenters. The number of rotatable bonds is 3. The second-order valence-electron chi connectivity index (χ2n) is 5.24. The minimum Gasteiger partial charge on any atom is -0.396 e. The number of para-hydroxylation sites is 1. The zero-order valence-corrected chi connectivity index (χ0v) is 12.3. The lowest BCUT2D eigenvalue weighted by molar-refractivity contribution is 0.0774. The van der Waals surface area contributed by atoms with Crippen LogP contribution in [0.15, 0.2) is 36.5 Å². The van der Waals surface area contributed by atoms with Gasteiger partial charge in [0.25, 0.3) is 5.91 Å². The molecule has 3 rings (SSSR count). The number of nitrogens with one attached hydrogen (secondary N) is 1. The normalized spacial score (nSPS) is 18.1. The van der Waals surface area contributed by atoms with E-state index in [-0.39, 0.29) is 18.4 Å². The Morgan fingerprint density at radius 1 is 1.38 bits per heavy atom. The Morgan fingerprint density at radius 2 is 2.14 bits per heavy atom. The van der Waals surface area contributed by atoms with E-state index in [1.165, 1.54) is 0 Å². The fourth-order valence-corrected chi connectivity index (χ4v) is 2.95. The molecule has 1 amide bonds. The van der Waals surface area contributed by atoms with Crippen molar-refractivity contribution in [2.24, 2.45) is 5.92 Å². The molecule has 0 aliphatic carbocycles. The van der Waals surface area contributed by atoms with Gasteiger partial charge in [0, 0.05) is 37.5 Å². The number of likely N-dealkylation sites (tertiary alicyclic amines) is 1. The second kappa shape index (κ2) is 5.83. The Hall–Kier alpha value is -1.92. The van der Waals surface area contributed by atoms with Crippen molar-refractivity contribution in [3.05, 3.63) is 47.0 Å². The maximum absolute atomic E-state index is 12.7. The van der Waals surface area contributed by atoms with Crippen molar-refractivity contribution in [2.45, 2.75) is 6.42 Å². The van der Waals surface area contributed by atoms with Crippen LogP contribution in [0.3, 0.4) is 0 Å². The van der Waals surface area contributed by atoms with Gasteiger partial charge in [-0.15, -0.1) is 0 Å². The molecule has 1 saturated heterocycles. The summed E-state index contributed by atoms with van der Waals surface area (Å²) in [5.74, 6) is 0.128. The first-order valence-electron chi connectivity index (χ1n) is 6.96. The van der Waals surface area contributed by atoms with E-state index in [0.29, 0.717) is 23.6 Å². The predicted molar refractivity (Wildman–Crippen MR) is 82.1 cm³/mol. The predicted octanol–water partition coefficient (Wildman–Crippen LogP) is 1.99. The number of aromatic amines is 1. The molecule has 0 spiro atoms. The Kier molecular flexibility index (Phi) is 3.90. The van der Waals surface area contributed by atoms with Crippen molar-refractivity contribution >= 4 is 18.1 Å². The molecule has 0 radical (unpaired) electrons. The van der Waals surface area contributed by atoms with Gasteiger partial charge < -0.3 is 15.0 Å². The first-order chi connectivity index (χ1) is 10.2. The first-order valence-corrected chi connectivity index (χ1v) is 7.37. The lowest BCUT2D eigenvalue weighted by Gasteiger charge is -2.17. The molecular formula is C15H17N3O2S. The molecule has 2 heterocycles. The van der Waals surface area contributed by atoms with Crippen LogP contribution in [0.4, 0.5) is 0 Å². The first kappa shape index (κ1) is 14.0. The molecule has 110 valence electrons. The van der Waals surface area contributed by atoms with Crippen LogP contribution in [0, 0.1) is 10.7 Å². The largest absolute Gasteiger partial charge is 0.396 e. The fraction of sp³-hybridized carbons (Fsp3) is 0.333. The third kappa shape index (κ3) is 2.64. The van der Waals surface area contributed by atoms with E-state index in [0.717, 1.165) is 12.1 Å². The molecule has 0 bridgehead atoms. The monoisotopic (exact) mass is 303 g/mol. The topological polar surface area (TPSA) is 61.3 Å². The molecular weight excluding hydrogens is 286 g/mol. The minimum absolute atomic E-state index is 0.0536. The smallest absolute Gasteiger partial charge is 0.272 e. The van der Waals surface area contributed by atoms with Gasteiger partial charge in [0.1, 0.15) is 5.69 Å². The number of hydrogen-bond donors (Lipinski definition) is 2. The number of hydrogen-bond acceptors (Lipinski definition) is 3. The highest BCUT2D eigenvalue weighted by molar-refractivity contribution is 7.71. The molecule has 2 aromatic rings. The molecule has 1 aliphatic heterocycles. The lowest BCUT2D eigenvalue weighted by atomic mass is 10.1. The summed E-state index contributed by atoms with van der Waals surface area (Å²) in [5.41, 5.74) is 1.40. The highest BCUT2D eigenvalue weighted by Gasteiger charge is 2.28. The number of carbonyl (C=O) groups is 1. The van der Waals surface area contributed by atoms with Crippen LogP contribution in [0.5, 0.6) is 0 Å². The molecule has 0 saturated carbocycles. The van der Waals surface area contributed by atoms with Crippen LogP contribution in [-0.2, 0) is 0 Å². The zero-order valence-electron chi connectivity index (χ0n) is 11.5. The van der Waals surface area contributed by atoms with Gasteiger partial charge >= 0.3 is 0 Å². The van der Waals surface area contributed by atoms with Crippen molar-refractivity contribution < 1.29 is 9.90 Å². The quantitative estimate of drug-likeness (QED) is 0.853. The zero-order chi connectivity index (χ0) is 14.8. The number of nitrogens with zero attached hydrogens (tertiary/aromatic N) is 2. The standard InChI is InChI=1S/C15H17N3O2S/c19-10-11-6-7-17(9-11)14(20)13-8-16-15(21)18(13)12-4-2-1-3-5-12/h1-5,8,11,19H,6-7,9-10H2,(H,16,21). The van der Waals surface area contributed by atoms with Gasteiger partial charge in [-0.05, 0) is 30.8 Å². The SMILES string of the molecule is O=C(c1c[nH]c(=S)n1-c1ccccc1)N1CCC(CO)C1. The summed E-state index contributed by atoms with van der Waals surface area (Å²) in [7, 11) is 0. The number of aliphatic hydroxyl groups excluding tert-OH is 1. The summed E-state index contributed by atoms with van der Waals surface area (Å²) in [6.07, 6.45) is 2.50. The van der Waals surface area contributed by atoms with Gasteiger partial charge in [0.2, 0.25) is 0 Å². The molecule has 5 nitrogen and oxygen atoms in total. The summed E-state index contributed by atoms with van der Waals surface area (Å²) in [4.78, 5) is 17.4. The van der Waals surface area contributed by atoms with E-state index in [2.05, 4.69) is 4.98 Å². The van der Waals surface area contributed by atoms with Crippen LogP contribution < -0.4 is 0 Å². The number of imidazole rings is 1. The maximum atomic E-state index is 12.7. The number of amides is 1. The third-order valence-corrected chi connectivity index (χ3v) is 4.14. The van der Waals surface area contributed by atoms with Gasteiger partial charge in [-0.3, -0.25) is 9.36 Å². The highest BCUT2D eigenvalue weighted by Crippen LogP contribution is 2.20. The second-order valence-corrected chi connectivity index (χ2v) is 5.63. The molecule has 1 atom stereocenters. The van der Waals surface area contributed by atoms with Crippen LogP contribution >= 0.6 is 12.2 Å². The van der Waals surface area contributed by atoms with Gasteiger partial charge in [-0.25, -0.2) is 0 Å². The fourth-order valence-electron chi connectivity index (χ4n) is 2.69. The number of aromatic nitrogens is 2. The average molecular weight is 303 g/mol. The van der Waals surface area contributed by atoms with Gasteiger partial charge in [-0.2, -0.15) is 0 Å². The van der Waals surface area contributed by atoms with Crippen molar-refractivity contribution in [3.8, 4) is 5.69 Å². The summed E-state index contributed by atoms with van der Waals surface area (Å²) in [6.45, 7) is 1.40. The third-order valence-electron chi connectivity index (χ3n) is 3.84. The van der Waals surface area contributed by atoms with Gasteiger partial charge in [-0.1, -0.05) is 18.2 Å². The minimum atomic E-state index is -0.0536. The Balaban J connectivity index is 1.94. The van der Waals surface area contributed by atoms with E-state index >= 15 is 0 Å².